The van der Waals surface area contributed by atoms with Crippen LogP contribution in [0.1, 0.15) is 137 Å². The molecule has 0 radical (unpaired) electrons. The van der Waals surface area contributed by atoms with E-state index in [9.17, 15) is 116 Å². The first-order chi connectivity index (χ1) is 69.5. The summed E-state index contributed by atoms with van der Waals surface area (Å²) in [6.07, 6.45) is 5.11. The summed E-state index contributed by atoms with van der Waals surface area (Å²) in [5.41, 5.74) is 18.8. The van der Waals surface area contributed by atoms with Crippen LogP contribution >= 0.6 is 24.4 Å². The predicted molar refractivity (Wildman–Crippen MR) is 538 cm³/mol. The highest BCUT2D eigenvalue weighted by Crippen LogP contribution is 2.16. The van der Waals surface area contributed by atoms with Crippen LogP contribution in [-0.4, -0.2) is 342 Å². The Hall–Kier alpha value is -14.7. The number of aliphatic hydroxyl groups is 3. The van der Waals surface area contributed by atoms with E-state index in [0.29, 0.717) is 28.9 Å². The van der Waals surface area contributed by atoms with Gasteiger partial charge in [0.1, 0.15) is 103 Å². The minimum atomic E-state index is -1.79. The third kappa shape index (κ3) is 45.7. The number of imidazole rings is 2. The maximum atomic E-state index is 14.7. The highest BCUT2D eigenvalue weighted by atomic mass is 32.2. The molecule has 4 aromatic rings. The van der Waals surface area contributed by atoms with Gasteiger partial charge in [-0.2, -0.15) is 24.4 Å². The van der Waals surface area contributed by atoms with Gasteiger partial charge < -0.3 is 159 Å². The number of nitrogens with two attached hydrogens (primary N) is 3. The maximum absolute atomic E-state index is 14.7. The molecule has 812 valence electrons. The van der Waals surface area contributed by atoms with Gasteiger partial charge in [-0.1, -0.05) is 94.8 Å². The Morgan fingerprint density at radius 1 is 0.395 bits per heavy atom. The summed E-state index contributed by atoms with van der Waals surface area (Å²) in [6, 6.07) is -10.00. The first-order valence-corrected chi connectivity index (χ1v) is 49.4. The molecule has 2 aromatic heterocycles. The number of hydrogen-bond donors (Lipinski definition) is 33. The van der Waals surface area contributed by atoms with E-state index in [4.69, 9.17) is 28.0 Å². The molecule has 56 heteroatoms. The molecular formula is C91H142N30O24S2. The lowest BCUT2D eigenvalue weighted by Gasteiger charge is -2.29. The monoisotopic (exact) mass is 2100 g/mol. The summed E-state index contributed by atoms with van der Waals surface area (Å²) in [5.74, 6) is -21.3. The number of carbonyl (C=O) groups is 20. The van der Waals surface area contributed by atoms with E-state index < -0.39 is 271 Å². The van der Waals surface area contributed by atoms with Crippen molar-refractivity contribution in [1.29, 1.82) is 10.8 Å². The standard InChI is InChI=1S/C91H142N30O24S2/c1-12-46(4)70(120-85(140)60(31-45(2)3)112-73(128)47(5)105-69(126)39-101-68(125)38-102-78(133)65(40-122)118-83(138)62(33-54-23-17-14-18-24-54)115-84(139)64(35-56-37-98-44-104-56)113-77(132)57(92)25-19-28-99-90(93)94)87(142)116-63(34-55-36-97-43-103-55)82(137)108-50(8)74(129)110-58(26-20-29-100-91(95)96)79(134)114-61(32-53-21-15-13-16-22-53)81(136)107-51(9)75(130)111-59(27-30-147-11)80(135)121-71(52(10)124)88(143)109-48(6)72(127)106-49(7)76(131)117-66(41-123)86(141)119-67(42-146)89(144)145/h13-18,21-24,36-37,43-52,57-67,70-71,122-124,146H,12,19-20,25-35,38-42,92H2,1-11H3,(H,97,103)(H,98,104)(H,101,125)(H,102,133)(H,105,126)(H,106,127)(H,107,136)(H,108,137)(H,109,143)(H,110,129)(H,111,130)(H,112,128)(H,113,132)(H,114,134)(H,115,139)(H,116,142)(H,117,131)(H,118,138)(H,119,141)(H,120,140)(H,121,135)(H,144,145)(H4,93,94,99)(H4,95,96,100)/t46-,47-,48-,49-,50-,51-,52+,57-,58-,59-,60-,61-,62-,63-,64-,65-,66-,67-,70-,71-/m0/s1. The van der Waals surface area contributed by atoms with E-state index in [2.05, 4.69) is 144 Å². The zero-order chi connectivity index (χ0) is 110. The molecule has 19 amide bonds. The number of thioether (sulfide) groups is 1. The third-order valence-electron chi connectivity index (χ3n) is 22.5. The lowest BCUT2D eigenvalue weighted by Crippen LogP contribution is -2.61. The van der Waals surface area contributed by atoms with Crippen LogP contribution < -0.4 is 129 Å². The van der Waals surface area contributed by atoms with Gasteiger partial charge in [0, 0.05) is 68.3 Å². The molecule has 20 atom stereocenters. The van der Waals surface area contributed by atoms with Crippen LogP contribution in [0.5, 0.6) is 0 Å². The molecule has 0 saturated carbocycles. The number of aromatic amines is 2. The smallest absolute Gasteiger partial charge is 0.327 e. The number of amides is 19. The summed E-state index contributed by atoms with van der Waals surface area (Å²) < 4.78 is 0. The van der Waals surface area contributed by atoms with Crippen molar-refractivity contribution in [1.82, 2.24) is 132 Å². The van der Waals surface area contributed by atoms with Crippen LogP contribution in [0.2, 0.25) is 0 Å². The normalized spacial score (nSPS) is 15.1. The topological polar surface area (TPSA) is 858 Å². The Labute approximate surface area is 858 Å². The number of carbonyl (C=O) groups excluding carboxylic acids is 19. The van der Waals surface area contributed by atoms with Crippen molar-refractivity contribution in [2.24, 2.45) is 29.0 Å². The first kappa shape index (κ1) is 125. The molecule has 4 rings (SSSR count). The fraction of sp³-hybridized carbons (Fsp3) is 0.560. The molecule has 0 unspecified atom stereocenters. The fourth-order valence-electron chi connectivity index (χ4n) is 13.9. The average molecular weight is 2100 g/mol. The molecule has 2 heterocycles. The van der Waals surface area contributed by atoms with Gasteiger partial charge in [-0.3, -0.25) is 102 Å². The van der Waals surface area contributed by atoms with Crippen molar-refractivity contribution in [3.05, 3.63) is 108 Å². The molecule has 0 fully saturated rings. The Morgan fingerprint density at radius 3 is 1.18 bits per heavy atom. The van der Waals surface area contributed by atoms with Crippen molar-refractivity contribution >= 4 is 155 Å². The van der Waals surface area contributed by atoms with E-state index in [1.54, 1.807) is 94.6 Å². The predicted octanol–water partition coefficient (Wildman–Crippen LogP) is -9.94. The number of thiol groups is 1. The van der Waals surface area contributed by atoms with Gasteiger partial charge in [-0.15, -0.1) is 0 Å². The number of H-pyrrole nitrogens is 2. The second kappa shape index (κ2) is 65.0. The zero-order valence-corrected chi connectivity index (χ0v) is 85.3. The van der Waals surface area contributed by atoms with Gasteiger partial charge in [0.15, 0.2) is 11.9 Å². The van der Waals surface area contributed by atoms with E-state index in [1.807, 2.05) is 0 Å². The van der Waals surface area contributed by atoms with Crippen LogP contribution in [0.3, 0.4) is 0 Å². The number of aliphatic carboxylic acids is 1. The van der Waals surface area contributed by atoms with Gasteiger partial charge in [0.05, 0.1) is 51.1 Å². The van der Waals surface area contributed by atoms with Crippen LogP contribution in [0.15, 0.2) is 85.7 Å². The minimum absolute atomic E-state index is 0.00791. The second-order valence-electron chi connectivity index (χ2n) is 35.2. The molecule has 54 nitrogen and oxygen atoms in total. The largest absolute Gasteiger partial charge is 0.480 e. The van der Waals surface area contributed by atoms with Crippen LogP contribution in [0.4, 0.5) is 0 Å². The quantitative estimate of drug-likeness (QED) is 0.00845. The molecule has 147 heavy (non-hydrogen) atoms. The molecule has 0 aliphatic rings. The van der Waals surface area contributed by atoms with Crippen LogP contribution in [-0.2, 0) is 122 Å². The molecule has 2 aromatic carbocycles. The molecular weight excluding hydrogens is 1960 g/mol. The van der Waals surface area contributed by atoms with Gasteiger partial charge in [-0.05, 0) is 115 Å². The number of aliphatic hydroxyl groups excluding tert-OH is 3. The first-order valence-electron chi connectivity index (χ1n) is 47.4. The number of nitrogens with zero attached hydrogens (tertiary/aromatic N) is 2. The van der Waals surface area contributed by atoms with Gasteiger partial charge in [0.25, 0.3) is 0 Å². The Balaban J connectivity index is 1.44. The molecule has 0 spiro atoms. The third-order valence-corrected chi connectivity index (χ3v) is 23.5. The number of benzene rings is 2. The number of carboxylic acids is 1. The number of nitrogens with one attached hydrogen (secondary N) is 25. The van der Waals surface area contributed by atoms with Gasteiger partial charge in [-0.25, -0.2) is 14.8 Å². The summed E-state index contributed by atoms with van der Waals surface area (Å²) >= 11 is 5.12. The summed E-state index contributed by atoms with van der Waals surface area (Å²) in [4.78, 5) is 289. The van der Waals surface area contributed by atoms with Crippen molar-refractivity contribution in [3.63, 3.8) is 0 Å². The average Bonchev–Trinajstić information content (AvgIpc) is 1.65. The number of rotatable bonds is 66. The number of guanidine groups is 2. The van der Waals surface area contributed by atoms with Gasteiger partial charge >= 0.3 is 5.97 Å². The molecule has 35 N–H and O–H groups in total. The zero-order valence-electron chi connectivity index (χ0n) is 83.6. The lowest BCUT2D eigenvalue weighted by atomic mass is 9.96. The Bertz CT molecular complexity index is 5050. The van der Waals surface area contributed by atoms with E-state index in [-0.39, 0.29) is 101 Å². The molecule has 0 bridgehead atoms. The van der Waals surface area contributed by atoms with E-state index in [1.165, 1.54) is 71.4 Å². The molecule has 0 aliphatic heterocycles. The maximum Gasteiger partial charge on any atom is 0.327 e. The van der Waals surface area contributed by atoms with Crippen LogP contribution in [0.25, 0.3) is 0 Å². The highest BCUT2D eigenvalue weighted by Gasteiger charge is 2.40. The van der Waals surface area contributed by atoms with Gasteiger partial charge in [0.2, 0.25) is 112 Å². The van der Waals surface area contributed by atoms with Crippen molar-refractivity contribution < 1.29 is 116 Å². The SMILES string of the molecule is CC[C@H](C)[C@H](NC(=O)[C@H](CC(C)C)NC(=O)[C@H](C)NC(=O)CNC(=O)CNC(=O)[C@H](CO)NC(=O)[C@H](Cc1ccccc1)NC(=O)[C@H](Cc1cnc[nH]1)NC(=O)[C@@H](N)CCCNC(=N)N)C(=O)N[C@@H](Cc1cnc[nH]1)C(=O)N[C@@H](C)C(=O)N[C@@H](CCCNC(=N)N)C(=O)N[C@@H](Cc1ccccc1)C(=O)N[C@@H](C)C(=O)N[C@@H](CCSC)C(=O)N[C@H](C(=O)N[C@@H](C)C(=O)N[C@@H](C)C(=O)N[C@@H](CO)C(=O)N[C@@H](CS)C(=O)O)[C@@H](C)O. The number of hydrogen-bond acceptors (Lipinski definition) is 30. The summed E-state index contributed by atoms with van der Waals surface area (Å²) in [6.45, 7) is 10.8. The lowest BCUT2D eigenvalue weighted by molar-refractivity contribution is -0.142. The van der Waals surface area contributed by atoms with E-state index >= 15 is 0 Å². The number of aromatic nitrogens is 4. The van der Waals surface area contributed by atoms with E-state index in [0.717, 1.165) is 6.92 Å². The van der Waals surface area contributed by atoms with Crippen molar-refractivity contribution in [2.75, 3.05) is 57.2 Å². The molecule has 0 aliphatic carbocycles. The Morgan fingerprint density at radius 2 is 0.741 bits per heavy atom. The van der Waals surface area contributed by atoms with Crippen LogP contribution in [0, 0.1) is 22.7 Å². The summed E-state index contributed by atoms with van der Waals surface area (Å²) in [5, 5.41) is 107. The minimum Gasteiger partial charge on any atom is -0.480 e. The van der Waals surface area contributed by atoms with Crippen molar-refractivity contribution in [3.8, 4) is 0 Å². The highest BCUT2D eigenvalue weighted by molar-refractivity contribution is 7.98. The second-order valence-corrected chi connectivity index (χ2v) is 36.6. The summed E-state index contributed by atoms with van der Waals surface area (Å²) in [7, 11) is 0. The fourth-order valence-corrected chi connectivity index (χ4v) is 14.6. The molecule has 0 saturated heterocycles. The Kier molecular flexibility index (Phi) is 55.1. The van der Waals surface area contributed by atoms with Crippen molar-refractivity contribution in [2.45, 2.75) is 255 Å². The number of carboxylic acid groups (broad SMARTS) is 1.